The molecule has 0 bridgehead atoms. The third-order valence-electron chi connectivity index (χ3n) is 4.48. The molecule has 1 atom stereocenters. The number of hydrogen-bond acceptors (Lipinski definition) is 7. The van der Waals surface area contributed by atoms with Crippen LogP contribution in [0.15, 0.2) is 10.9 Å². The maximum absolute atomic E-state index is 12.4. The molecule has 0 N–H and O–H groups in total. The Morgan fingerprint density at radius 2 is 2.27 bits per heavy atom. The highest BCUT2D eigenvalue weighted by Crippen LogP contribution is 2.42. The summed E-state index contributed by atoms with van der Waals surface area (Å²) in [6.07, 6.45) is 1.69. The summed E-state index contributed by atoms with van der Waals surface area (Å²) in [4.78, 5) is 21.1. The van der Waals surface area contributed by atoms with E-state index >= 15 is 0 Å². The van der Waals surface area contributed by atoms with Crippen LogP contribution in [0.2, 0.25) is 0 Å². The molecule has 6 nitrogen and oxygen atoms in total. The summed E-state index contributed by atoms with van der Waals surface area (Å²) < 4.78 is 0. The molecule has 0 aliphatic carbocycles. The van der Waals surface area contributed by atoms with Crippen molar-refractivity contribution in [2.45, 2.75) is 26.3 Å². The molecule has 2 saturated heterocycles. The number of thiazole rings is 1. The van der Waals surface area contributed by atoms with E-state index in [1.165, 1.54) is 0 Å². The summed E-state index contributed by atoms with van der Waals surface area (Å²) in [7, 11) is 0. The SMILES string of the molecule is Cc1nc(CN2C[C@@]3(CCN(c4nncs4)C3)CC2=O)cs1. The van der Waals surface area contributed by atoms with Crippen LogP contribution in [-0.4, -0.2) is 45.6 Å². The molecule has 2 fully saturated rings. The fourth-order valence-corrected chi connectivity index (χ4v) is 4.67. The van der Waals surface area contributed by atoms with Crippen molar-refractivity contribution in [2.75, 3.05) is 24.5 Å². The number of carbonyl (C=O) groups excluding carboxylic acids is 1. The van der Waals surface area contributed by atoms with Crippen molar-refractivity contribution in [3.05, 3.63) is 21.6 Å². The van der Waals surface area contributed by atoms with Crippen LogP contribution in [0, 0.1) is 12.3 Å². The van der Waals surface area contributed by atoms with Crippen molar-refractivity contribution in [3.8, 4) is 0 Å². The van der Waals surface area contributed by atoms with Gasteiger partial charge < -0.3 is 9.80 Å². The summed E-state index contributed by atoms with van der Waals surface area (Å²) in [6, 6.07) is 0. The molecule has 4 rings (SSSR count). The number of aryl methyl sites for hydroxylation is 1. The molecule has 22 heavy (non-hydrogen) atoms. The first-order valence-corrected chi connectivity index (χ1v) is 9.09. The standard InChI is InChI=1S/C14H17N5OS2/c1-10-16-11(6-21-10)5-19-8-14(4-12(19)20)2-3-18(7-14)13-17-15-9-22-13/h6,9H,2-5,7-8H2,1H3/t14-/m0/s1. The van der Waals surface area contributed by atoms with Gasteiger partial charge in [0.15, 0.2) is 0 Å². The number of hydrogen-bond donors (Lipinski definition) is 0. The van der Waals surface area contributed by atoms with Gasteiger partial charge in [0.2, 0.25) is 11.0 Å². The van der Waals surface area contributed by atoms with Crippen molar-refractivity contribution in [2.24, 2.45) is 5.41 Å². The number of anilines is 1. The molecule has 0 unspecified atom stereocenters. The topological polar surface area (TPSA) is 62.2 Å². The largest absolute Gasteiger partial charge is 0.346 e. The lowest BCUT2D eigenvalue weighted by atomic mass is 9.86. The van der Waals surface area contributed by atoms with Crippen molar-refractivity contribution in [3.63, 3.8) is 0 Å². The van der Waals surface area contributed by atoms with Crippen molar-refractivity contribution < 1.29 is 4.79 Å². The Balaban J connectivity index is 1.45. The van der Waals surface area contributed by atoms with Gasteiger partial charge >= 0.3 is 0 Å². The number of aromatic nitrogens is 3. The van der Waals surface area contributed by atoms with Gasteiger partial charge in [0, 0.05) is 36.9 Å². The second-order valence-electron chi connectivity index (χ2n) is 6.18. The van der Waals surface area contributed by atoms with Gasteiger partial charge in [-0.15, -0.1) is 21.5 Å². The van der Waals surface area contributed by atoms with E-state index in [-0.39, 0.29) is 11.3 Å². The number of amides is 1. The summed E-state index contributed by atoms with van der Waals surface area (Å²) in [5.74, 6) is 0.254. The number of nitrogens with zero attached hydrogens (tertiary/aromatic N) is 5. The molecule has 8 heteroatoms. The van der Waals surface area contributed by atoms with Crippen LogP contribution in [-0.2, 0) is 11.3 Å². The van der Waals surface area contributed by atoms with Crippen LogP contribution >= 0.6 is 22.7 Å². The minimum Gasteiger partial charge on any atom is -0.346 e. The molecule has 0 radical (unpaired) electrons. The van der Waals surface area contributed by atoms with Gasteiger partial charge in [-0.05, 0) is 13.3 Å². The van der Waals surface area contributed by atoms with E-state index in [2.05, 4.69) is 25.5 Å². The molecule has 1 amide bonds. The first kappa shape index (κ1) is 14.1. The van der Waals surface area contributed by atoms with Crippen molar-refractivity contribution in [1.29, 1.82) is 0 Å². The Bertz CT molecular complexity index is 685. The molecule has 2 aromatic heterocycles. The fraction of sp³-hybridized carbons (Fsp3) is 0.571. The predicted molar refractivity (Wildman–Crippen MR) is 86.1 cm³/mol. The molecule has 2 aliphatic heterocycles. The zero-order valence-electron chi connectivity index (χ0n) is 12.4. The predicted octanol–water partition coefficient (Wildman–Crippen LogP) is 1.93. The van der Waals surface area contributed by atoms with Gasteiger partial charge in [0.05, 0.1) is 17.2 Å². The monoisotopic (exact) mass is 335 g/mol. The molecule has 1 spiro atoms. The molecule has 4 heterocycles. The average Bonchev–Trinajstić information content (AvgIpc) is 3.22. The molecule has 0 aromatic carbocycles. The summed E-state index contributed by atoms with van der Waals surface area (Å²) in [5.41, 5.74) is 2.84. The smallest absolute Gasteiger partial charge is 0.223 e. The molecule has 2 aromatic rings. The second kappa shape index (κ2) is 5.27. The lowest BCUT2D eigenvalue weighted by Gasteiger charge is -2.23. The minimum atomic E-state index is 0.0772. The zero-order chi connectivity index (χ0) is 15.2. The van der Waals surface area contributed by atoms with E-state index in [1.54, 1.807) is 28.2 Å². The third kappa shape index (κ3) is 2.50. The highest BCUT2D eigenvalue weighted by Gasteiger charge is 2.47. The average molecular weight is 335 g/mol. The van der Waals surface area contributed by atoms with Gasteiger partial charge in [-0.2, -0.15) is 0 Å². The Labute approximate surface area is 136 Å². The van der Waals surface area contributed by atoms with E-state index in [1.807, 2.05) is 11.8 Å². The van der Waals surface area contributed by atoms with Gasteiger partial charge in [0.1, 0.15) is 5.51 Å². The van der Waals surface area contributed by atoms with E-state index < -0.39 is 0 Å². The maximum atomic E-state index is 12.4. The van der Waals surface area contributed by atoms with Gasteiger partial charge in [-0.1, -0.05) is 11.3 Å². The number of rotatable bonds is 3. The summed E-state index contributed by atoms with van der Waals surface area (Å²) in [5, 5.41) is 12.1. The van der Waals surface area contributed by atoms with Crippen LogP contribution in [0.4, 0.5) is 5.13 Å². The van der Waals surface area contributed by atoms with E-state index in [0.29, 0.717) is 13.0 Å². The summed E-state index contributed by atoms with van der Waals surface area (Å²) in [6.45, 7) is 5.34. The molecular weight excluding hydrogens is 318 g/mol. The minimum absolute atomic E-state index is 0.0772. The molecule has 116 valence electrons. The highest BCUT2D eigenvalue weighted by atomic mass is 32.1. The molecular formula is C14H17N5OS2. The van der Waals surface area contributed by atoms with Crippen molar-refractivity contribution in [1.82, 2.24) is 20.1 Å². The van der Waals surface area contributed by atoms with Crippen LogP contribution in [0.5, 0.6) is 0 Å². The van der Waals surface area contributed by atoms with E-state index in [4.69, 9.17) is 0 Å². The normalized spacial score (nSPS) is 24.9. The highest BCUT2D eigenvalue weighted by molar-refractivity contribution is 7.13. The zero-order valence-corrected chi connectivity index (χ0v) is 14.0. The molecule has 2 aliphatic rings. The van der Waals surface area contributed by atoms with E-state index in [0.717, 1.165) is 41.9 Å². The lowest BCUT2D eigenvalue weighted by Crippen LogP contribution is -2.31. The van der Waals surface area contributed by atoms with E-state index in [9.17, 15) is 4.79 Å². The number of carbonyl (C=O) groups is 1. The first-order valence-electron chi connectivity index (χ1n) is 7.33. The van der Waals surface area contributed by atoms with Crippen LogP contribution in [0.1, 0.15) is 23.5 Å². The van der Waals surface area contributed by atoms with Gasteiger partial charge in [-0.3, -0.25) is 4.79 Å². The Hall–Kier alpha value is -1.54. The maximum Gasteiger partial charge on any atom is 0.223 e. The summed E-state index contributed by atoms with van der Waals surface area (Å²) >= 11 is 3.21. The Kier molecular flexibility index (Phi) is 3.37. The number of likely N-dealkylation sites (tertiary alicyclic amines) is 1. The lowest BCUT2D eigenvalue weighted by molar-refractivity contribution is -0.128. The Morgan fingerprint density at radius 3 is 3.00 bits per heavy atom. The third-order valence-corrected chi connectivity index (χ3v) is 6.05. The van der Waals surface area contributed by atoms with Crippen LogP contribution in [0.25, 0.3) is 0 Å². The Morgan fingerprint density at radius 1 is 1.36 bits per heavy atom. The molecule has 0 saturated carbocycles. The fourth-order valence-electron chi connectivity index (χ4n) is 3.48. The van der Waals surface area contributed by atoms with Crippen LogP contribution in [0.3, 0.4) is 0 Å². The van der Waals surface area contributed by atoms with Gasteiger partial charge in [-0.25, -0.2) is 4.98 Å². The van der Waals surface area contributed by atoms with Gasteiger partial charge in [0.25, 0.3) is 0 Å². The quantitative estimate of drug-likeness (QED) is 0.858. The van der Waals surface area contributed by atoms with Crippen molar-refractivity contribution >= 4 is 33.7 Å². The second-order valence-corrected chi connectivity index (χ2v) is 8.05. The van der Waals surface area contributed by atoms with Crippen LogP contribution < -0.4 is 4.90 Å². The first-order chi connectivity index (χ1) is 10.6.